The number of amides is 2. The molecule has 2 amide bonds. The number of carbonyl (C=O) groups is 3. The average Bonchev–Trinajstić information content (AvgIpc) is 2.73. The molecule has 1 aliphatic rings. The van der Waals surface area contributed by atoms with E-state index in [9.17, 15) is 14.4 Å². The fourth-order valence-electron chi connectivity index (χ4n) is 2.36. The Kier molecular flexibility index (Phi) is 4.22. The largest absolute Gasteiger partial charge is 0.455 e. The van der Waals surface area contributed by atoms with Crippen molar-refractivity contribution in [2.24, 2.45) is 0 Å². The number of carbonyl (C=O) groups excluding carboxylic acids is 3. The minimum atomic E-state index is -0.352. The first-order valence-electron chi connectivity index (χ1n) is 6.68. The Labute approximate surface area is 116 Å². The highest BCUT2D eigenvalue weighted by atomic mass is 16.4. The van der Waals surface area contributed by atoms with Crippen molar-refractivity contribution in [2.45, 2.75) is 33.1 Å². The summed E-state index contributed by atoms with van der Waals surface area (Å²) in [5, 5.41) is 5.24. The summed E-state index contributed by atoms with van der Waals surface area (Å²) in [4.78, 5) is 34.5. The number of rotatable bonds is 4. The summed E-state index contributed by atoms with van der Waals surface area (Å²) in [7, 11) is 0. The topological polar surface area (TPSA) is 88.4 Å². The smallest absolute Gasteiger partial charge is 0.287 e. The number of hydrogen-bond acceptors (Lipinski definition) is 4. The number of fused-ring (bicyclic) bond motifs is 1. The fourth-order valence-corrected chi connectivity index (χ4v) is 2.36. The van der Waals surface area contributed by atoms with Crippen LogP contribution < -0.4 is 10.6 Å². The molecule has 0 saturated heterocycles. The van der Waals surface area contributed by atoms with Gasteiger partial charge in [0.05, 0.1) is 5.56 Å². The summed E-state index contributed by atoms with van der Waals surface area (Å²) in [6.45, 7) is 3.82. The number of aryl methyl sites for hydroxylation is 1. The molecule has 2 rings (SSSR count). The molecule has 1 aliphatic carbocycles. The summed E-state index contributed by atoms with van der Waals surface area (Å²) in [5.41, 5.74) is 1.19. The first-order valence-corrected chi connectivity index (χ1v) is 6.68. The molecule has 0 spiro atoms. The van der Waals surface area contributed by atoms with Crippen LogP contribution in [0.4, 0.5) is 0 Å². The van der Waals surface area contributed by atoms with Crippen molar-refractivity contribution in [1.82, 2.24) is 10.6 Å². The monoisotopic (exact) mass is 278 g/mol. The molecule has 2 N–H and O–H groups in total. The van der Waals surface area contributed by atoms with Gasteiger partial charge in [-0.1, -0.05) is 0 Å². The van der Waals surface area contributed by atoms with Crippen LogP contribution in [-0.2, 0) is 11.2 Å². The minimum absolute atomic E-state index is 0.0461. The van der Waals surface area contributed by atoms with Gasteiger partial charge in [-0.2, -0.15) is 0 Å². The molecule has 0 radical (unpaired) electrons. The maximum atomic E-state index is 12.0. The predicted octanol–water partition coefficient (Wildman–Crippen LogP) is 0.973. The first-order chi connectivity index (χ1) is 9.50. The zero-order valence-electron chi connectivity index (χ0n) is 11.7. The molecule has 0 bridgehead atoms. The second-order valence-electron chi connectivity index (χ2n) is 4.87. The predicted molar refractivity (Wildman–Crippen MR) is 71.7 cm³/mol. The van der Waals surface area contributed by atoms with E-state index >= 15 is 0 Å². The van der Waals surface area contributed by atoms with Crippen molar-refractivity contribution >= 4 is 17.6 Å². The zero-order valence-corrected chi connectivity index (χ0v) is 11.7. The van der Waals surface area contributed by atoms with Crippen molar-refractivity contribution in [3.05, 3.63) is 22.6 Å². The van der Waals surface area contributed by atoms with Gasteiger partial charge in [0, 0.05) is 38.4 Å². The lowest BCUT2D eigenvalue weighted by Crippen LogP contribution is -2.33. The highest BCUT2D eigenvalue weighted by molar-refractivity contribution is 6.03. The Hall–Kier alpha value is -2.11. The summed E-state index contributed by atoms with van der Waals surface area (Å²) in [5.74, 6) is 0.369. The van der Waals surface area contributed by atoms with Crippen LogP contribution in [0.25, 0.3) is 0 Å². The Morgan fingerprint density at radius 2 is 1.90 bits per heavy atom. The molecule has 20 heavy (non-hydrogen) atoms. The minimum Gasteiger partial charge on any atom is -0.455 e. The van der Waals surface area contributed by atoms with Crippen molar-refractivity contribution in [3.63, 3.8) is 0 Å². The van der Waals surface area contributed by atoms with Crippen LogP contribution in [0, 0.1) is 6.92 Å². The Balaban J connectivity index is 2.04. The van der Waals surface area contributed by atoms with E-state index < -0.39 is 0 Å². The number of ketones is 1. The molecule has 0 unspecified atom stereocenters. The van der Waals surface area contributed by atoms with Gasteiger partial charge in [0.15, 0.2) is 11.5 Å². The van der Waals surface area contributed by atoms with Crippen LogP contribution in [0.3, 0.4) is 0 Å². The molecular formula is C14H18N2O4. The molecule has 6 nitrogen and oxygen atoms in total. The van der Waals surface area contributed by atoms with Gasteiger partial charge in [-0.15, -0.1) is 0 Å². The molecule has 0 aliphatic heterocycles. The number of furan rings is 1. The van der Waals surface area contributed by atoms with Crippen LogP contribution in [0.2, 0.25) is 0 Å². The second-order valence-corrected chi connectivity index (χ2v) is 4.87. The lowest BCUT2D eigenvalue weighted by atomic mass is 9.94. The molecule has 1 aromatic heterocycles. The molecule has 6 heteroatoms. The molecule has 108 valence electrons. The van der Waals surface area contributed by atoms with Gasteiger partial charge in [0.25, 0.3) is 5.91 Å². The van der Waals surface area contributed by atoms with Crippen molar-refractivity contribution in [1.29, 1.82) is 0 Å². The van der Waals surface area contributed by atoms with E-state index in [1.54, 1.807) is 6.92 Å². The standard InChI is InChI=1S/C14H18N2O4/c1-8-12-10(18)4-3-5-11(12)20-13(8)14(19)16-7-6-15-9(2)17/h3-7H2,1-2H3,(H,15,17)(H,16,19). The van der Waals surface area contributed by atoms with E-state index in [1.807, 2.05) is 0 Å². The van der Waals surface area contributed by atoms with Crippen LogP contribution in [0.5, 0.6) is 0 Å². The van der Waals surface area contributed by atoms with E-state index in [4.69, 9.17) is 4.42 Å². The van der Waals surface area contributed by atoms with E-state index in [-0.39, 0.29) is 23.4 Å². The van der Waals surface area contributed by atoms with Gasteiger partial charge in [-0.25, -0.2) is 0 Å². The molecule has 0 fully saturated rings. The van der Waals surface area contributed by atoms with Gasteiger partial charge < -0.3 is 15.1 Å². The highest BCUT2D eigenvalue weighted by Gasteiger charge is 2.28. The maximum absolute atomic E-state index is 12.0. The summed E-state index contributed by atoms with van der Waals surface area (Å²) in [6.07, 6.45) is 1.97. The third-order valence-corrected chi connectivity index (χ3v) is 3.30. The first kappa shape index (κ1) is 14.3. The van der Waals surface area contributed by atoms with E-state index in [2.05, 4.69) is 10.6 Å². The summed E-state index contributed by atoms with van der Waals surface area (Å²) >= 11 is 0. The number of Topliss-reactive ketones (excluding diaryl/α,β-unsaturated/α-hetero) is 1. The lowest BCUT2D eigenvalue weighted by Gasteiger charge is -2.07. The number of nitrogens with one attached hydrogen (secondary N) is 2. The normalized spacial score (nSPS) is 13.8. The van der Waals surface area contributed by atoms with Gasteiger partial charge in [0.1, 0.15) is 5.76 Å². The SMILES string of the molecule is CC(=O)NCCNC(=O)c1oc2c(c1C)C(=O)CCC2. The molecule has 0 saturated carbocycles. The summed E-state index contributed by atoms with van der Waals surface area (Å²) < 4.78 is 5.53. The Morgan fingerprint density at radius 3 is 2.55 bits per heavy atom. The van der Waals surface area contributed by atoms with Crippen LogP contribution in [-0.4, -0.2) is 30.7 Å². The van der Waals surface area contributed by atoms with E-state index in [1.165, 1.54) is 6.92 Å². The van der Waals surface area contributed by atoms with Crippen molar-refractivity contribution in [2.75, 3.05) is 13.1 Å². The Morgan fingerprint density at radius 1 is 1.20 bits per heavy atom. The van der Waals surface area contributed by atoms with Crippen LogP contribution in [0.15, 0.2) is 4.42 Å². The van der Waals surface area contributed by atoms with Crippen molar-refractivity contribution in [3.8, 4) is 0 Å². The third-order valence-electron chi connectivity index (χ3n) is 3.30. The summed E-state index contributed by atoms with van der Waals surface area (Å²) in [6, 6.07) is 0. The number of hydrogen-bond donors (Lipinski definition) is 2. The van der Waals surface area contributed by atoms with Crippen LogP contribution >= 0.6 is 0 Å². The lowest BCUT2D eigenvalue weighted by molar-refractivity contribution is -0.118. The van der Waals surface area contributed by atoms with Gasteiger partial charge >= 0.3 is 0 Å². The van der Waals surface area contributed by atoms with Gasteiger partial charge in [0.2, 0.25) is 5.91 Å². The molecule has 1 heterocycles. The maximum Gasteiger partial charge on any atom is 0.287 e. The van der Waals surface area contributed by atoms with E-state index in [0.29, 0.717) is 42.8 Å². The van der Waals surface area contributed by atoms with Crippen molar-refractivity contribution < 1.29 is 18.8 Å². The highest BCUT2D eigenvalue weighted by Crippen LogP contribution is 2.29. The molecular weight excluding hydrogens is 260 g/mol. The molecule has 1 aromatic rings. The Bertz CT molecular complexity index is 560. The quantitative estimate of drug-likeness (QED) is 0.803. The van der Waals surface area contributed by atoms with E-state index in [0.717, 1.165) is 6.42 Å². The van der Waals surface area contributed by atoms with Crippen LogP contribution in [0.1, 0.15) is 52.0 Å². The zero-order chi connectivity index (χ0) is 14.7. The third kappa shape index (κ3) is 2.89. The molecule has 0 aromatic carbocycles. The average molecular weight is 278 g/mol. The second kappa shape index (κ2) is 5.90. The van der Waals surface area contributed by atoms with Gasteiger partial charge in [-0.3, -0.25) is 14.4 Å². The molecule has 0 atom stereocenters. The van der Waals surface area contributed by atoms with Gasteiger partial charge in [-0.05, 0) is 13.3 Å². The fraction of sp³-hybridized carbons (Fsp3) is 0.500.